The number of anilines is 1. The van der Waals surface area contributed by atoms with Crippen LogP contribution < -0.4 is 14.9 Å². The van der Waals surface area contributed by atoms with E-state index in [2.05, 4.69) is 11.9 Å². The highest BCUT2D eigenvalue weighted by molar-refractivity contribution is 7.85. The van der Waals surface area contributed by atoms with Crippen molar-refractivity contribution >= 4 is 21.5 Å². The molecule has 28 heavy (non-hydrogen) atoms. The molecule has 0 saturated carbocycles. The lowest BCUT2D eigenvalue weighted by molar-refractivity contribution is -0.887. The third-order valence-corrected chi connectivity index (χ3v) is 4.56. The van der Waals surface area contributed by atoms with E-state index in [-0.39, 0.29) is 4.90 Å². The van der Waals surface area contributed by atoms with Crippen LogP contribution in [-0.4, -0.2) is 20.1 Å². The second-order valence-electron chi connectivity index (χ2n) is 5.83. The van der Waals surface area contributed by atoms with Gasteiger partial charge < -0.3 is 9.87 Å². The van der Waals surface area contributed by atoms with Crippen LogP contribution in [0.4, 0.5) is 5.69 Å². The van der Waals surface area contributed by atoms with Gasteiger partial charge in [0.05, 0.1) is 4.90 Å². The Morgan fingerprint density at radius 1 is 1.00 bits per heavy atom. The molecule has 0 amide bonds. The Kier molecular flexibility index (Phi) is 7.31. The Bertz CT molecular complexity index is 1020. The predicted octanol–water partition coefficient (Wildman–Crippen LogP) is 3.01. The molecule has 0 aliphatic heterocycles. The molecule has 146 valence electrons. The first-order valence-electron chi connectivity index (χ1n) is 8.40. The molecule has 1 aromatic heterocycles. The van der Waals surface area contributed by atoms with E-state index < -0.39 is 10.1 Å². The Labute approximate surface area is 165 Å². The normalized spacial score (nSPS) is 10.4. The van der Waals surface area contributed by atoms with Crippen LogP contribution in [-0.2, 0) is 10.1 Å². The van der Waals surface area contributed by atoms with Gasteiger partial charge in [-0.25, -0.2) is 8.42 Å². The van der Waals surface area contributed by atoms with Crippen molar-refractivity contribution in [1.29, 1.82) is 0 Å². The van der Waals surface area contributed by atoms with Crippen molar-refractivity contribution in [3.63, 3.8) is 0 Å². The zero-order valence-corrected chi connectivity index (χ0v) is 16.5. The molecule has 1 N–H and O–H groups in total. The molecule has 1 heterocycles. The molecule has 0 radical (unpaired) electrons. The van der Waals surface area contributed by atoms with E-state index in [0.29, 0.717) is 0 Å². The molecule has 0 fully saturated rings. The van der Waals surface area contributed by atoms with Gasteiger partial charge in [-0.05, 0) is 37.3 Å². The summed E-state index contributed by atoms with van der Waals surface area (Å²) >= 11 is 0. The summed E-state index contributed by atoms with van der Waals surface area (Å²) in [7, 11) is -2.65. The van der Waals surface area contributed by atoms with E-state index in [0.717, 1.165) is 22.6 Å². The predicted molar refractivity (Wildman–Crippen MR) is 107 cm³/mol. The molecule has 6 nitrogen and oxygen atoms in total. The molecule has 3 aromatic rings. The topological polar surface area (TPSA) is 82.3 Å². The summed E-state index contributed by atoms with van der Waals surface area (Å²) in [5, 5.41) is 3.24. The maximum atomic E-state index is 10.4. The number of nitrogens with zero attached hydrogens (tertiary/aromatic N) is 1. The lowest BCUT2D eigenvalue weighted by Crippen LogP contribution is -2.44. The highest BCUT2D eigenvalue weighted by atomic mass is 32.2. The second kappa shape index (κ2) is 9.68. The summed E-state index contributed by atoms with van der Waals surface area (Å²) in [5.74, 6) is 0. The van der Waals surface area contributed by atoms with Crippen LogP contribution in [0.3, 0.4) is 0 Å². The van der Waals surface area contributed by atoms with Crippen molar-refractivity contribution in [2.45, 2.75) is 11.8 Å². The largest absolute Gasteiger partial charge is 0.744 e. The minimum atomic E-state index is -4.27. The fraction of sp³-hybridized carbons (Fsp3) is 0.0952. The zero-order chi connectivity index (χ0) is 20.6. The number of aromatic nitrogens is 1. The molecule has 0 unspecified atom stereocenters. The fourth-order valence-electron chi connectivity index (χ4n) is 2.29. The summed E-state index contributed by atoms with van der Waals surface area (Å²) in [6.45, 7) is 5.84. The first kappa shape index (κ1) is 21.1. The third-order valence-electron chi connectivity index (χ3n) is 3.71. The standard InChI is InChI=1S/C14H15N2O.C7H8O3S/c1-12(15-13-8-4-3-5-9-13)14-10-6-7-11-16(14)17-2;1-6-2-4-7(5-3-6)11(8,9)10/h3-11,15H,1H2,2H3;2-5H,1H3,(H,8,9,10)/q+1;/p-1. The number of hydrogen-bond donors (Lipinski definition) is 1. The van der Waals surface area contributed by atoms with Crippen LogP contribution in [0.1, 0.15) is 11.3 Å². The summed E-state index contributed by atoms with van der Waals surface area (Å²) in [6, 6.07) is 21.5. The Morgan fingerprint density at radius 3 is 2.18 bits per heavy atom. The van der Waals surface area contributed by atoms with Crippen molar-refractivity contribution < 1.29 is 22.5 Å². The molecular weight excluding hydrogens is 376 g/mol. The quantitative estimate of drug-likeness (QED) is 0.528. The molecular formula is C21H22N2O4S. The average Bonchev–Trinajstić information content (AvgIpc) is 2.69. The monoisotopic (exact) mass is 398 g/mol. The van der Waals surface area contributed by atoms with Gasteiger partial charge in [-0.3, -0.25) is 4.84 Å². The lowest BCUT2D eigenvalue weighted by atomic mass is 10.2. The number of para-hydroxylation sites is 1. The van der Waals surface area contributed by atoms with Crippen LogP contribution in [0, 0.1) is 6.92 Å². The number of rotatable bonds is 5. The molecule has 3 rings (SSSR count). The average molecular weight is 398 g/mol. The van der Waals surface area contributed by atoms with E-state index in [4.69, 9.17) is 4.84 Å². The number of benzene rings is 2. The first-order chi connectivity index (χ1) is 13.3. The molecule has 0 spiro atoms. The number of nitrogens with one attached hydrogen (secondary N) is 1. The fourth-order valence-corrected chi connectivity index (χ4v) is 2.76. The molecule has 7 heteroatoms. The van der Waals surface area contributed by atoms with E-state index in [1.807, 2.05) is 61.7 Å². The van der Waals surface area contributed by atoms with Gasteiger partial charge in [-0.15, -0.1) is 0 Å². The van der Waals surface area contributed by atoms with Crippen LogP contribution in [0.2, 0.25) is 0 Å². The van der Waals surface area contributed by atoms with Gasteiger partial charge in [0, 0.05) is 22.6 Å². The van der Waals surface area contributed by atoms with Crippen LogP contribution in [0.5, 0.6) is 0 Å². The highest BCUT2D eigenvalue weighted by Gasteiger charge is 2.13. The lowest BCUT2D eigenvalue weighted by Gasteiger charge is -2.07. The van der Waals surface area contributed by atoms with Crippen LogP contribution >= 0.6 is 0 Å². The van der Waals surface area contributed by atoms with Gasteiger partial charge in [0.1, 0.15) is 22.9 Å². The van der Waals surface area contributed by atoms with Gasteiger partial charge in [0.25, 0.3) is 5.69 Å². The minimum absolute atomic E-state index is 0.178. The smallest absolute Gasteiger partial charge is 0.280 e. The second-order valence-corrected chi connectivity index (χ2v) is 7.21. The number of aryl methyl sites for hydroxylation is 1. The summed E-state index contributed by atoms with van der Waals surface area (Å²) < 4.78 is 32.8. The van der Waals surface area contributed by atoms with Crippen molar-refractivity contribution in [2.75, 3.05) is 12.4 Å². The maximum absolute atomic E-state index is 10.4. The van der Waals surface area contributed by atoms with Crippen LogP contribution in [0.25, 0.3) is 5.70 Å². The van der Waals surface area contributed by atoms with Crippen molar-refractivity contribution in [3.8, 4) is 0 Å². The van der Waals surface area contributed by atoms with E-state index in [1.54, 1.807) is 24.0 Å². The molecule has 0 atom stereocenters. The Morgan fingerprint density at radius 2 is 1.61 bits per heavy atom. The molecule has 2 aromatic carbocycles. The van der Waals surface area contributed by atoms with E-state index in [1.165, 1.54) is 12.1 Å². The molecule has 0 aliphatic carbocycles. The summed E-state index contributed by atoms with van der Waals surface area (Å²) in [5.41, 5.74) is 3.61. The minimum Gasteiger partial charge on any atom is -0.744 e. The van der Waals surface area contributed by atoms with Crippen LogP contribution in [0.15, 0.2) is 90.5 Å². The van der Waals surface area contributed by atoms with Gasteiger partial charge >= 0.3 is 0 Å². The first-order valence-corrected chi connectivity index (χ1v) is 9.81. The number of pyridine rings is 1. The van der Waals surface area contributed by atoms with Gasteiger partial charge in [-0.1, -0.05) is 42.5 Å². The Hall–Kier alpha value is -3.16. The highest BCUT2D eigenvalue weighted by Crippen LogP contribution is 2.13. The van der Waals surface area contributed by atoms with Gasteiger partial charge in [0.15, 0.2) is 0 Å². The summed E-state index contributed by atoms with van der Waals surface area (Å²) in [4.78, 5) is 5.04. The van der Waals surface area contributed by atoms with Crippen molar-refractivity contribution in [2.24, 2.45) is 0 Å². The molecule has 0 bridgehead atoms. The maximum Gasteiger partial charge on any atom is 0.280 e. The molecule has 0 saturated heterocycles. The zero-order valence-electron chi connectivity index (χ0n) is 15.7. The number of hydrogen-bond acceptors (Lipinski definition) is 5. The van der Waals surface area contributed by atoms with Crippen molar-refractivity contribution in [3.05, 3.63) is 96.8 Å². The third kappa shape index (κ3) is 6.22. The Balaban J connectivity index is 0.000000221. The summed E-state index contributed by atoms with van der Waals surface area (Å²) in [6.07, 6.45) is 1.84. The van der Waals surface area contributed by atoms with E-state index >= 15 is 0 Å². The van der Waals surface area contributed by atoms with Gasteiger partial charge in [-0.2, -0.15) is 0 Å². The van der Waals surface area contributed by atoms with Gasteiger partial charge in [0.2, 0.25) is 6.20 Å². The molecule has 0 aliphatic rings. The van der Waals surface area contributed by atoms with E-state index in [9.17, 15) is 13.0 Å². The van der Waals surface area contributed by atoms with Crippen molar-refractivity contribution in [1.82, 2.24) is 0 Å². The SMILES string of the molecule is C=C(Nc1ccccc1)c1cccc[n+]1OC.Cc1ccc(S(=O)(=O)[O-])cc1.